The van der Waals surface area contributed by atoms with Crippen molar-refractivity contribution in [2.24, 2.45) is 11.7 Å². The Balaban J connectivity index is 2.03. The standard InChI is InChI=1S/C12H22N2O2/c1-11(2)8-12(10(13)15,5-6-16-11)14-7-9-3-4-9/h9,14H,3-8H2,1-2H3,(H2,13,15). The lowest BCUT2D eigenvalue weighted by Gasteiger charge is -2.43. The molecule has 1 aliphatic carbocycles. The van der Waals surface area contributed by atoms with Gasteiger partial charge in [-0.05, 0) is 45.6 Å². The number of nitrogens with two attached hydrogens (primary N) is 1. The first kappa shape index (κ1) is 11.9. The van der Waals surface area contributed by atoms with Crippen LogP contribution in [0.25, 0.3) is 0 Å². The Kier molecular flexibility index (Phi) is 2.97. The molecule has 3 N–H and O–H groups in total. The van der Waals surface area contributed by atoms with Gasteiger partial charge in [-0.2, -0.15) is 0 Å². The number of amides is 1. The van der Waals surface area contributed by atoms with Gasteiger partial charge in [-0.15, -0.1) is 0 Å². The molecule has 0 aromatic rings. The third-order valence-corrected chi connectivity index (χ3v) is 3.65. The van der Waals surface area contributed by atoms with E-state index >= 15 is 0 Å². The van der Waals surface area contributed by atoms with Crippen molar-refractivity contribution in [3.63, 3.8) is 0 Å². The topological polar surface area (TPSA) is 64.3 Å². The van der Waals surface area contributed by atoms with Gasteiger partial charge < -0.3 is 15.8 Å². The highest BCUT2D eigenvalue weighted by Gasteiger charge is 2.45. The summed E-state index contributed by atoms with van der Waals surface area (Å²) in [6.07, 6.45) is 3.92. The zero-order chi connectivity index (χ0) is 11.8. The minimum absolute atomic E-state index is 0.232. The van der Waals surface area contributed by atoms with E-state index in [1.165, 1.54) is 12.8 Å². The SMILES string of the molecule is CC1(C)CC(NCC2CC2)(C(N)=O)CCO1. The second-order valence-electron chi connectivity index (χ2n) is 5.81. The first-order valence-corrected chi connectivity index (χ1v) is 6.12. The fourth-order valence-electron chi connectivity index (χ4n) is 2.48. The molecule has 1 unspecified atom stereocenters. The third-order valence-electron chi connectivity index (χ3n) is 3.65. The molecule has 4 nitrogen and oxygen atoms in total. The molecule has 0 radical (unpaired) electrons. The predicted molar refractivity (Wildman–Crippen MR) is 61.9 cm³/mol. The van der Waals surface area contributed by atoms with Gasteiger partial charge in [0, 0.05) is 13.0 Å². The molecule has 2 aliphatic rings. The summed E-state index contributed by atoms with van der Waals surface area (Å²) in [5.74, 6) is 0.520. The van der Waals surface area contributed by atoms with Crippen LogP contribution in [-0.4, -0.2) is 30.2 Å². The molecular formula is C12H22N2O2. The van der Waals surface area contributed by atoms with Gasteiger partial charge in [-0.25, -0.2) is 0 Å². The zero-order valence-corrected chi connectivity index (χ0v) is 10.2. The molecule has 4 heteroatoms. The summed E-state index contributed by atoms with van der Waals surface area (Å²) in [7, 11) is 0. The van der Waals surface area contributed by atoms with Gasteiger partial charge in [0.05, 0.1) is 5.60 Å². The molecule has 2 rings (SSSR count). The van der Waals surface area contributed by atoms with E-state index in [1.807, 2.05) is 13.8 Å². The molecule has 16 heavy (non-hydrogen) atoms. The van der Waals surface area contributed by atoms with Crippen LogP contribution in [0.5, 0.6) is 0 Å². The van der Waals surface area contributed by atoms with E-state index in [4.69, 9.17) is 10.5 Å². The van der Waals surface area contributed by atoms with Crippen molar-refractivity contribution in [2.75, 3.05) is 13.2 Å². The van der Waals surface area contributed by atoms with Crippen LogP contribution in [0.2, 0.25) is 0 Å². The van der Waals surface area contributed by atoms with Crippen molar-refractivity contribution in [3.05, 3.63) is 0 Å². The molecule has 2 fully saturated rings. The fourth-order valence-corrected chi connectivity index (χ4v) is 2.48. The fraction of sp³-hybridized carbons (Fsp3) is 0.917. The number of nitrogens with one attached hydrogen (secondary N) is 1. The Hall–Kier alpha value is -0.610. The van der Waals surface area contributed by atoms with Crippen molar-refractivity contribution < 1.29 is 9.53 Å². The molecule has 1 heterocycles. The Morgan fingerprint density at radius 2 is 2.19 bits per heavy atom. The van der Waals surface area contributed by atoms with Crippen molar-refractivity contribution >= 4 is 5.91 Å². The van der Waals surface area contributed by atoms with Gasteiger partial charge in [0.15, 0.2) is 0 Å². The second kappa shape index (κ2) is 4.00. The van der Waals surface area contributed by atoms with Crippen LogP contribution in [0.4, 0.5) is 0 Å². The quantitative estimate of drug-likeness (QED) is 0.745. The van der Waals surface area contributed by atoms with Crippen molar-refractivity contribution in [1.82, 2.24) is 5.32 Å². The van der Waals surface area contributed by atoms with E-state index < -0.39 is 5.54 Å². The lowest BCUT2D eigenvalue weighted by molar-refractivity contribution is -0.138. The first-order chi connectivity index (χ1) is 7.44. The van der Waals surface area contributed by atoms with E-state index in [-0.39, 0.29) is 11.5 Å². The maximum Gasteiger partial charge on any atom is 0.237 e. The Bertz CT molecular complexity index is 287. The normalized spacial score (nSPS) is 33.6. The lowest BCUT2D eigenvalue weighted by Crippen LogP contribution is -2.62. The van der Waals surface area contributed by atoms with Gasteiger partial charge in [-0.3, -0.25) is 4.79 Å². The van der Waals surface area contributed by atoms with Crippen molar-refractivity contribution in [1.29, 1.82) is 0 Å². The van der Waals surface area contributed by atoms with Crippen LogP contribution in [0, 0.1) is 5.92 Å². The minimum atomic E-state index is -0.551. The summed E-state index contributed by atoms with van der Waals surface area (Å²) < 4.78 is 5.65. The summed E-state index contributed by atoms with van der Waals surface area (Å²) in [6, 6.07) is 0. The zero-order valence-electron chi connectivity index (χ0n) is 10.2. The lowest BCUT2D eigenvalue weighted by atomic mass is 9.80. The van der Waals surface area contributed by atoms with Crippen molar-refractivity contribution in [3.8, 4) is 0 Å². The summed E-state index contributed by atoms with van der Waals surface area (Å²) >= 11 is 0. The number of carbonyl (C=O) groups excluding carboxylic acids is 1. The van der Waals surface area contributed by atoms with Crippen LogP contribution >= 0.6 is 0 Å². The molecule has 0 bridgehead atoms. The first-order valence-electron chi connectivity index (χ1n) is 6.12. The van der Waals surface area contributed by atoms with Crippen LogP contribution in [0.3, 0.4) is 0 Å². The maximum atomic E-state index is 11.7. The number of carbonyl (C=O) groups is 1. The maximum absolute atomic E-state index is 11.7. The van der Waals surface area contributed by atoms with Gasteiger partial charge in [0.2, 0.25) is 5.91 Å². The van der Waals surface area contributed by atoms with Gasteiger partial charge in [0.1, 0.15) is 5.54 Å². The molecule has 1 saturated carbocycles. The summed E-state index contributed by atoms with van der Waals surface area (Å²) in [6.45, 7) is 5.55. The monoisotopic (exact) mass is 226 g/mol. The average Bonchev–Trinajstić information content (AvgIpc) is 2.96. The third kappa shape index (κ3) is 2.55. The van der Waals surface area contributed by atoms with E-state index in [1.54, 1.807) is 0 Å². The Labute approximate surface area is 96.9 Å². The molecule has 1 aliphatic heterocycles. The van der Waals surface area contributed by atoms with Crippen LogP contribution in [0.1, 0.15) is 39.5 Å². The largest absolute Gasteiger partial charge is 0.375 e. The molecular weight excluding hydrogens is 204 g/mol. The van der Waals surface area contributed by atoms with E-state index in [9.17, 15) is 4.79 Å². The highest BCUT2D eigenvalue weighted by Crippen LogP contribution is 2.34. The molecule has 92 valence electrons. The summed E-state index contributed by atoms with van der Waals surface area (Å²) in [5, 5.41) is 3.40. The van der Waals surface area contributed by atoms with Crippen LogP contribution < -0.4 is 11.1 Å². The average molecular weight is 226 g/mol. The second-order valence-corrected chi connectivity index (χ2v) is 5.81. The van der Waals surface area contributed by atoms with Crippen LogP contribution in [-0.2, 0) is 9.53 Å². The highest BCUT2D eigenvalue weighted by molar-refractivity contribution is 5.85. The summed E-state index contributed by atoms with van der Waals surface area (Å²) in [5.41, 5.74) is 4.76. The van der Waals surface area contributed by atoms with E-state index in [2.05, 4.69) is 5.32 Å². The Morgan fingerprint density at radius 3 is 2.69 bits per heavy atom. The van der Waals surface area contributed by atoms with E-state index in [0.29, 0.717) is 19.4 Å². The number of primary amides is 1. The number of ether oxygens (including phenoxy) is 1. The number of rotatable bonds is 4. The van der Waals surface area contributed by atoms with Gasteiger partial charge >= 0.3 is 0 Å². The number of hydrogen-bond donors (Lipinski definition) is 2. The molecule has 0 aromatic heterocycles. The van der Waals surface area contributed by atoms with Gasteiger partial charge in [0.25, 0.3) is 0 Å². The summed E-state index contributed by atoms with van der Waals surface area (Å²) in [4.78, 5) is 11.7. The van der Waals surface area contributed by atoms with Crippen LogP contribution in [0.15, 0.2) is 0 Å². The van der Waals surface area contributed by atoms with E-state index in [0.717, 1.165) is 12.5 Å². The highest BCUT2D eigenvalue weighted by atomic mass is 16.5. The molecule has 0 aromatic carbocycles. The van der Waals surface area contributed by atoms with Gasteiger partial charge in [-0.1, -0.05) is 0 Å². The minimum Gasteiger partial charge on any atom is -0.375 e. The van der Waals surface area contributed by atoms with Crippen molar-refractivity contribution in [2.45, 2.75) is 50.7 Å². The molecule has 1 atom stereocenters. The number of hydrogen-bond acceptors (Lipinski definition) is 3. The molecule has 1 saturated heterocycles. The Morgan fingerprint density at radius 1 is 1.50 bits per heavy atom. The predicted octanol–water partition coefficient (Wildman–Crippen LogP) is 0.799. The molecule has 0 spiro atoms. The molecule has 1 amide bonds. The smallest absolute Gasteiger partial charge is 0.237 e.